The van der Waals surface area contributed by atoms with Crippen LogP contribution >= 0.6 is 0 Å². The molecular weight excluding hydrogens is 588 g/mol. The summed E-state index contributed by atoms with van der Waals surface area (Å²) in [6, 6.07) is 10.9. The lowest BCUT2D eigenvalue weighted by Gasteiger charge is -2.37. The van der Waals surface area contributed by atoms with Gasteiger partial charge in [-0.3, -0.25) is 0 Å². The van der Waals surface area contributed by atoms with E-state index in [1.807, 2.05) is 24.3 Å². The number of benzene rings is 2. The topological polar surface area (TPSA) is 221 Å². The van der Waals surface area contributed by atoms with Crippen molar-refractivity contribution < 1.29 is 60.5 Å². The van der Waals surface area contributed by atoms with E-state index < -0.39 is 79.7 Å². The quantitative estimate of drug-likeness (QED) is 0.146. The van der Waals surface area contributed by atoms with Crippen molar-refractivity contribution in [3.63, 3.8) is 0 Å². The Morgan fingerprint density at radius 3 is 1.31 bits per heavy atom. The number of ether oxygens (including phenoxy) is 2. The Bertz CT molecular complexity index is 1370. The Kier molecular flexibility index (Phi) is 10.3. The van der Waals surface area contributed by atoms with Crippen LogP contribution in [0.4, 0.5) is 0 Å². The fraction of sp³-hybridized carbons (Fsp3) is 0.515. The zero-order valence-corrected chi connectivity index (χ0v) is 24.3. The summed E-state index contributed by atoms with van der Waals surface area (Å²) in [7, 11) is 0. The van der Waals surface area contributed by atoms with Crippen LogP contribution in [0.3, 0.4) is 0 Å². The van der Waals surface area contributed by atoms with E-state index in [0.717, 1.165) is 22.3 Å². The van der Waals surface area contributed by atoms with Crippen LogP contribution in [-0.4, -0.2) is 139 Å². The Balaban J connectivity index is 1.49. The zero-order chi connectivity index (χ0) is 32.5. The summed E-state index contributed by atoms with van der Waals surface area (Å²) in [4.78, 5) is 0. The van der Waals surface area contributed by atoms with Crippen LogP contribution in [0.5, 0.6) is 0 Å². The Morgan fingerprint density at radius 2 is 0.956 bits per heavy atom. The molecule has 2 aliphatic heterocycles. The standard InChI is InChI=1S/C33H38O12/c34-11-9-33(10-12-35)21-13-17(3-7-23-27(38)31(42)29(40)25(15-36)44-23)1-5-19(21)20-6-2-18(14-22(20)33)4-8-24-28(39)32(43)30(41)26(16-37)45-24/h1-2,5-6,13-14,23-32,34-43H,9-12,15-16H2/t23-,24-,25-,26-,27-,28+,29-,30-,31-,32-/m1/s1. The fourth-order valence-electron chi connectivity index (χ4n) is 6.45. The van der Waals surface area contributed by atoms with Crippen LogP contribution in [-0.2, 0) is 14.9 Å². The molecule has 2 fully saturated rings. The van der Waals surface area contributed by atoms with Crippen molar-refractivity contribution in [2.75, 3.05) is 26.4 Å². The monoisotopic (exact) mass is 626 g/mol. The highest BCUT2D eigenvalue weighted by Gasteiger charge is 2.45. The van der Waals surface area contributed by atoms with Crippen LogP contribution in [0, 0.1) is 23.7 Å². The van der Waals surface area contributed by atoms with Gasteiger partial charge in [0.2, 0.25) is 0 Å². The Morgan fingerprint density at radius 1 is 0.556 bits per heavy atom. The van der Waals surface area contributed by atoms with Crippen molar-refractivity contribution in [3.8, 4) is 34.8 Å². The molecule has 12 heteroatoms. The number of fused-ring (bicyclic) bond motifs is 3. The van der Waals surface area contributed by atoms with E-state index in [-0.39, 0.29) is 26.1 Å². The van der Waals surface area contributed by atoms with Gasteiger partial charge in [0.15, 0.2) is 0 Å². The third-order valence-corrected chi connectivity index (χ3v) is 8.94. The normalized spacial score (nSPS) is 33.3. The third-order valence-electron chi connectivity index (χ3n) is 8.94. The first-order chi connectivity index (χ1) is 21.6. The zero-order valence-electron chi connectivity index (χ0n) is 24.3. The summed E-state index contributed by atoms with van der Waals surface area (Å²) in [5.41, 5.74) is 3.57. The van der Waals surface area contributed by atoms with E-state index in [2.05, 4.69) is 23.7 Å². The van der Waals surface area contributed by atoms with E-state index in [4.69, 9.17) is 9.47 Å². The lowest BCUT2D eigenvalue weighted by atomic mass is 9.72. The molecule has 2 heterocycles. The molecule has 0 radical (unpaired) electrons. The third kappa shape index (κ3) is 6.14. The number of aliphatic hydroxyl groups excluding tert-OH is 10. The van der Waals surface area contributed by atoms with Crippen molar-refractivity contribution in [2.24, 2.45) is 0 Å². The molecule has 0 amide bonds. The molecule has 10 N–H and O–H groups in total. The summed E-state index contributed by atoms with van der Waals surface area (Å²) in [6.45, 7) is -1.53. The number of hydrogen-bond acceptors (Lipinski definition) is 12. The van der Waals surface area contributed by atoms with Crippen molar-refractivity contribution in [1.82, 2.24) is 0 Å². The van der Waals surface area contributed by atoms with Gasteiger partial charge in [-0.1, -0.05) is 35.8 Å². The molecule has 2 aromatic rings. The van der Waals surface area contributed by atoms with Gasteiger partial charge in [0, 0.05) is 29.8 Å². The molecule has 12 nitrogen and oxygen atoms in total. The minimum absolute atomic E-state index is 0.194. The van der Waals surface area contributed by atoms with Crippen LogP contribution in [0.1, 0.15) is 35.1 Å². The fourth-order valence-corrected chi connectivity index (χ4v) is 6.45. The first-order valence-electron chi connectivity index (χ1n) is 14.8. The second-order valence-corrected chi connectivity index (χ2v) is 11.6. The summed E-state index contributed by atoms with van der Waals surface area (Å²) in [5.74, 6) is 11.4. The summed E-state index contributed by atoms with van der Waals surface area (Å²) >= 11 is 0. The van der Waals surface area contributed by atoms with Gasteiger partial charge in [0.1, 0.15) is 61.0 Å². The molecule has 242 valence electrons. The molecule has 45 heavy (non-hydrogen) atoms. The van der Waals surface area contributed by atoms with Crippen LogP contribution in [0.15, 0.2) is 36.4 Å². The largest absolute Gasteiger partial charge is 0.396 e. The van der Waals surface area contributed by atoms with E-state index in [1.165, 1.54) is 0 Å². The molecular formula is C33H38O12. The number of hydrogen-bond donors (Lipinski definition) is 10. The molecule has 0 bridgehead atoms. The maximum absolute atomic E-state index is 10.4. The summed E-state index contributed by atoms with van der Waals surface area (Å²) in [5, 5.41) is 100. The van der Waals surface area contributed by atoms with E-state index >= 15 is 0 Å². The second kappa shape index (κ2) is 13.8. The average Bonchev–Trinajstić information content (AvgIpc) is 3.30. The molecule has 0 spiro atoms. The number of rotatable bonds is 6. The van der Waals surface area contributed by atoms with Gasteiger partial charge in [-0.25, -0.2) is 0 Å². The molecule has 10 atom stereocenters. The van der Waals surface area contributed by atoms with Gasteiger partial charge >= 0.3 is 0 Å². The minimum Gasteiger partial charge on any atom is -0.396 e. The molecule has 2 saturated heterocycles. The maximum Gasteiger partial charge on any atom is 0.147 e. The molecule has 0 saturated carbocycles. The average molecular weight is 627 g/mol. The SMILES string of the molecule is OCCC1(CCO)c2cc(C#C[C@H]3O[C@H](CO)[C@@H](O)[C@H](O)[C@H]3O)ccc2-c2ccc(C#C[C@H]3O[C@H](CO)[C@@H](O)[C@H](O)[C@@H]3O)cc21. The number of aliphatic hydroxyl groups is 10. The molecule has 1 aliphatic carbocycles. The summed E-state index contributed by atoms with van der Waals surface area (Å²) in [6.07, 6.45) is -13.1. The van der Waals surface area contributed by atoms with E-state index in [9.17, 15) is 51.1 Å². The van der Waals surface area contributed by atoms with E-state index in [0.29, 0.717) is 11.1 Å². The molecule has 5 rings (SSSR count). The minimum atomic E-state index is -1.55. The first-order valence-corrected chi connectivity index (χ1v) is 14.8. The lowest BCUT2D eigenvalue weighted by Crippen LogP contribution is -2.58. The molecule has 0 aromatic heterocycles. The van der Waals surface area contributed by atoms with E-state index in [1.54, 1.807) is 12.1 Å². The highest BCUT2D eigenvalue weighted by molar-refractivity contribution is 5.82. The van der Waals surface area contributed by atoms with Crippen molar-refractivity contribution in [2.45, 2.75) is 79.3 Å². The van der Waals surface area contributed by atoms with Crippen molar-refractivity contribution in [3.05, 3.63) is 58.7 Å². The molecule has 3 aliphatic rings. The molecule has 0 unspecified atom stereocenters. The highest BCUT2D eigenvalue weighted by atomic mass is 16.5. The predicted molar refractivity (Wildman–Crippen MR) is 157 cm³/mol. The van der Waals surface area contributed by atoms with Gasteiger partial charge in [0.25, 0.3) is 0 Å². The van der Waals surface area contributed by atoms with Gasteiger partial charge in [-0.15, -0.1) is 0 Å². The van der Waals surface area contributed by atoms with Crippen molar-refractivity contribution >= 4 is 0 Å². The van der Waals surface area contributed by atoms with Gasteiger partial charge < -0.3 is 60.5 Å². The van der Waals surface area contributed by atoms with Crippen LogP contribution < -0.4 is 0 Å². The smallest absolute Gasteiger partial charge is 0.147 e. The molecule has 2 aromatic carbocycles. The Hall–Kier alpha value is -2.92. The maximum atomic E-state index is 10.4. The van der Waals surface area contributed by atoms with Crippen LogP contribution in [0.2, 0.25) is 0 Å². The lowest BCUT2D eigenvalue weighted by molar-refractivity contribution is -0.214. The van der Waals surface area contributed by atoms with Crippen molar-refractivity contribution in [1.29, 1.82) is 0 Å². The van der Waals surface area contributed by atoms with Gasteiger partial charge in [-0.05, 0) is 59.4 Å². The first kappa shape index (κ1) is 33.4. The predicted octanol–water partition coefficient (Wildman–Crippen LogP) is -2.89. The highest BCUT2D eigenvalue weighted by Crippen LogP contribution is 2.53. The van der Waals surface area contributed by atoms with Crippen LogP contribution in [0.25, 0.3) is 11.1 Å². The summed E-state index contributed by atoms with van der Waals surface area (Å²) < 4.78 is 11.0. The Labute approximate surface area is 259 Å². The van der Waals surface area contributed by atoms with Gasteiger partial charge in [0.05, 0.1) is 13.2 Å². The van der Waals surface area contributed by atoms with Gasteiger partial charge in [-0.2, -0.15) is 0 Å². The second-order valence-electron chi connectivity index (χ2n) is 11.6.